The largest absolute Gasteiger partial charge is 0.497 e. The minimum absolute atomic E-state index is 0.374. The molecule has 0 aliphatic rings. The number of rotatable bonds is 5. The molecule has 21 heavy (non-hydrogen) atoms. The van der Waals surface area contributed by atoms with E-state index in [1.807, 2.05) is 30.3 Å². The molecule has 0 atom stereocenters. The van der Waals surface area contributed by atoms with Crippen LogP contribution in [0.15, 0.2) is 42.7 Å². The Balaban J connectivity index is 2.14. The maximum Gasteiger partial charge on any atom is 0.146 e. The molecule has 1 aromatic carbocycles. The standard InChI is InChI=1S/C16H13ClN2O2/c1-20-13-6-4-12(5-7-13)11-21-16-10-19-9-15(17)14(16)3-2-8-18/h2-7,9-10H,11H2,1H3. The Morgan fingerprint density at radius 1 is 1.29 bits per heavy atom. The van der Waals surface area contributed by atoms with E-state index in [4.69, 9.17) is 26.3 Å². The van der Waals surface area contributed by atoms with Crippen LogP contribution in [0.4, 0.5) is 0 Å². The van der Waals surface area contributed by atoms with Gasteiger partial charge in [0, 0.05) is 17.8 Å². The number of methoxy groups -OCH3 is 1. The van der Waals surface area contributed by atoms with Crippen LogP contribution < -0.4 is 9.47 Å². The molecular weight excluding hydrogens is 288 g/mol. The molecule has 1 aromatic heterocycles. The van der Waals surface area contributed by atoms with Gasteiger partial charge in [0.25, 0.3) is 0 Å². The average Bonchev–Trinajstić information content (AvgIpc) is 2.52. The summed E-state index contributed by atoms with van der Waals surface area (Å²) < 4.78 is 10.8. The van der Waals surface area contributed by atoms with Gasteiger partial charge in [-0.1, -0.05) is 23.7 Å². The first kappa shape index (κ1) is 14.9. The van der Waals surface area contributed by atoms with Crippen LogP contribution in [0.1, 0.15) is 11.1 Å². The van der Waals surface area contributed by atoms with Crippen molar-refractivity contribution in [3.05, 3.63) is 58.9 Å². The van der Waals surface area contributed by atoms with E-state index in [1.165, 1.54) is 12.3 Å². The number of benzene rings is 1. The normalized spacial score (nSPS) is 10.3. The number of hydrogen-bond acceptors (Lipinski definition) is 4. The van der Waals surface area contributed by atoms with Crippen molar-refractivity contribution in [2.24, 2.45) is 0 Å². The van der Waals surface area contributed by atoms with E-state index >= 15 is 0 Å². The fourth-order valence-corrected chi connectivity index (χ4v) is 1.92. The smallest absolute Gasteiger partial charge is 0.146 e. The lowest BCUT2D eigenvalue weighted by Gasteiger charge is -2.10. The number of allylic oxidation sites excluding steroid dienone is 1. The number of nitrogens with zero attached hydrogens (tertiary/aromatic N) is 2. The maximum atomic E-state index is 8.62. The van der Waals surface area contributed by atoms with Crippen LogP contribution in [0.3, 0.4) is 0 Å². The molecule has 0 N–H and O–H groups in total. The van der Waals surface area contributed by atoms with Crippen LogP contribution in [-0.2, 0) is 6.61 Å². The van der Waals surface area contributed by atoms with Crippen LogP contribution >= 0.6 is 11.6 Å². The Bertz CT molecular complexity index is 676. The highest BCUT2D eigenvalue weighted by atomic mass is 35.5. The zero-order chi connectivity index (χ0) is 15.1. The summed E-state index contributed by atoms with van der Waals surface area (Å²) in [5.74, 6) is 1.32. The first-order valence-electron chi connectivity index (χ1n) is 6.20. The minimum atomic E-state index is 0.374. The highest BCUT2D eigenvalue weighted by Gasteiger charge is 2.06. The van der Waals surface area contributed by atoms with E-state index < -0.39 is 0 Å². The van der Waals surface area contributed by atoms with Crippen LogP contribution in [0, 0.1) is 11.3 Å². The molecule has 0 aliphatic heterocycles. The topological polar surface area (TPSA) is 55.1 Å². The van der Waals surface area contributed by atoms with Gasteiger partial charge in [0.1, 0.15) is 18.1 Å². The molecule has 2 rings (SSSR count). The summed E-state index contributed by atoms with van der Waals surface area (Å²) in [7, 11) is 1.62. The number of halogens is 1. The predicted molar refractivity (Wildman–Crippen MR) is 81.2 cm³/mol. The van der Waals surface area contributed by atoms with Crippen LogP contribution in [0.5, 0.6) is 11.5 Å². The second-order valence-corrected chi connectivity index (χ2v) is 4.54. The van der Waals surface area contributed by atoms with Crippen molar-refractivity contribution >= 4 is 17.7 Å². The van der Waals surface area contributed by atoms with Gasteiger partial charge in [-0.25, -0.2) is 0 Å². The van der Waals surface area contributed by atoms with Gasteiger partial charge in [0.2, 0.25) is 0 Å². The van der Waals surface area contributed by atoms with Crippen LogP contribution in [-0.4, -0.2) is 12.1 Å². The zero-order valence-electron chi connectivity index (χ0n) is 11.4. The monoisotopic (exact) mass is 300 g/mol. The van der Waals surface area contributed by atoms with Gasteiger partial charge in [-0.3, -0.25) is 4.98 Å². The van der Waals surface area contributed by atoms with E-state index in [1.54, 1.807) is 19.4 Å². The van der Waals surface area contributed by atoms with Gasteiger partial charge in [0.05, 0.1) is 24.4 Å². The van der Waals surface area contributed by atoms with Crippen molar-refractivity contribution in [3.8, 4) is 17.6 Å². The highest BCUT2D eigenvalue weighted by molar-refractivity contribution is 6.32. The second kappa shape index (κ2) is 7.32. The quantitative estimate of drug-likeness (QED) is 0.787. The van der Waals surface area contributed by atoms with Crippen molar-refractivity contribution in [1.29, 1.82) is 5.26 Å². The fourth-order valence-electron chi connectivity index (χ4n) is 1.71. The number of pyridine rings is 1. The van der Waals surface area contributed by atoms with E-state index in [9.17, 15) is 0 Å². The Morgan fingerprint density at radius 2 is 2.05 bits per heavy atom. The molecule has 0 bridgehead atoms. The van der Waals surface area contributed by atoms with Crippen molar-refractivity contribution in [2.75, 3.05) is 7.11 Å². The molecule has 0 saturated carbocycles. The summed E-state index contributed by atoms with van der Waals surface area (Å²) >= 11 is 6.07. The van der Waals surface area contributed by atoms with E-state index in [0.29, 0.717) is 22.9 Å². The lowest BCUT2D eigenvalue weighted by atomic mass is 10.2. The van der Waals surface area contributed by atoms with E-state index in [2.05, 4.69) is 4.98 Å². The number of nitriles is 1. The van der Waals surface area contributed by atoms with Crippen molar-refractivity contribution in [3.63, 3.8) is 0 Å². The van der Waals surface area contributed by atoms with E-state index in [-0.39, 0.29) is 0 Å². The Kier molecular flexibility index (Phi) is 5.19. The van der Waals surface area contributed by atoms with Gasteiger partial charge >= 0.3 is 0 Å². The highest BCUT2D eigenvalue weighted by Crippen LogP contribution is 2.27. The Labute approximate surface area is 128 Å². The summed E-state index contributed by atoms with van der Waals surface area (Å²) in [6.07, 6.45) is 6.04. The molecule has 5 heteroatoms. The summed E-state index contributed by atoms with van der Waals surface area (Å²) in [5.41, 5.74) is 1.63. The van der Waals surface area contributed by atoms with Crippen molar-refractivity contribution in [2.45, 2.75) is 6.61 Å². The molecule has 0 aliphatic carbocycles. The van der Waals surface area contributed by atoms with Gasteiger partial charge in [-0.2, -0.15) is 5.26 Å². The third kappa shape index (κ3) is 3.98. The third-order valence-corrected chi connectivity index (χ3v) is 3.08. The van der Waals surface area contributed by atoms with Gasteiger partial charge < -0.3 is 9.47 Å². The molecule has 0 radical (unpaired) electrons. The zero-order valence-corrected chi connectivity index (χ0v) is 12.2. The van der Waals surface area contributed by atoms with Gasteiger partial charge in [-0.15, -0.1) is 0 Å². The molecule has 0 spiro atoms. The van der Waals surface area contributed by atoms with Crippen LogP contribution in [0.2, 0.25) is 5.02 Å². The molecule has 4 nitrogen and oxygen atoms in total. The molecule has 0 fully saturated rings. The molecular formula is C16H13ClN2O2. The first-order chi connectivity index (χ1) is 10.2. The lowest BCUT2D eigenvalue weighted by molar-refractivity contribution is 0.304. The second-order valence-electron chi connectivity index (χ2n) is 4.13. The Hall–Kier alpha value is -2.51. The first-order valence-corrected chi connectivity index (χ1v) is 6.58. The van der Waals surface area contributed by atoms with Gasteiger partial charge in [-0.05, 0) is 23.8 Å². The summed E-state index contributed by atoms with van der Waals surface area (Å²) in [6.45, 7) is 0.374. The van der Waals surface area contributed by atoms with Crippen LogP contribution in [0.25, 0.3) is 6.08 Å². The molecule has 0 amide bonds. The summed E-state index contributed by atoms with van der Waals surface area (Å²) in [4.78, 5) is 4.00. The average molecular weight is 301 g/mol. The lowest BCUT2D eigenvalue weighted by Crippen LogP contribution is -1.98. The fraction of sp³-hybridized carbons (Fsp3) is 0.125. The summed E-state index contributed by atoms with van der Waals surface area (Å²) in [6, 6.07) is 9.50. The molecule has 2 aromatic rings. The van der Waals surface area contributed by atoms with E-state index in [0.717, 1.165) is 11.3 Å². The van der Waals surface area contributed by atoms with Crippen molar-refractivity contribution < 1.29 is 9.47 Å². The third-order valence-electron chi connectivity index (χ3n) is 2.78. The predicted octanol–water partition coefficient (Wildman–Crippen LogP) is 3.86. The SMILES string of the molecule is COc1ccc(COc2cncc(Cl)c2C=CC#N)cc1. The molecule has 0 unspecified atom stereocenters. The number of aromatic nitrogens is 1. The summed E-state index contributed by atoms with van der Waals surface area (Å²) in [5, 5.41) is 9.06. The Morgan fingerprint density at radius 3 is 2.71 bits per heavy atom. The molecule has 1 heterocycles. The molecule has 0 saturated heterocycles. The van der Waals surface area contributed by atoms with Gasteiger partial charge in [0.15, 0.2) is 0 Å². The maximum absolute atomic E-state index is 8.62. The number of ether oxygens (including phenoxy) is 2. The minimum Gasteiger partial charge on any atom is -0.497 e. The van der Waals surface area contributed by atoms with Crippen molar-refractivity contribution in [1.82, 2.24) is 4.98 Å². The molecule has 106 valence electrons. The number of hydrogen-bond donors (Lipinski definition) is 0.